The summed E-state index contributed by atoms with van der Waals surface area (Å²) in [6.07, 6.45) is 0. The molecule has 2 aromatic rings. The van der Waals surface area contributed by atoms with Gasteiger partial charge in [0.25, 0.3) is 0 Å². The molecule has 2 aromatic carbocycles. The number of hydrogen-bond donors (Lipinski definition) is 2. The molecule has 0 fully saturated rings. The van der Waals surface area contributed by atoms with Gasteiger partial charge in [-0.2, -0.15) is 5.26 Å². The zero-order valence-corrected chi connectivity index (χ0v) is 12.6. The fraction of sp³-hybridized carbons (Fsp3) is 0.0667. The number of carbonyl (C=O) groups excluding carboxylic acids is 1. The maximum absolute atomic E-state index is 12.8. The van der Waals surface area contributed by atoms with Crippen molar-refractivity contribution in [3.05, 3.63) is 59.9 Å². The van der Waals surface area contributed by atoms with E-state index in [0.717, 1.165) is 24.3 Å². The van der Waals surface area contributed by atoms with Gasteiger partial charge in [-0.3, -0.25) is 4.79 Å². The molecule has 8 heteroatoms. The first-order chi connectivity index (χ1) is 10.9. The van der Waals surface area contributed by atoms with Crippen molar-refractivity contribution in [1.29, 1.82) is 5.26 Å². The van der Waals surface area contributed by atoms with E-state index >= 15 is 0 Å². The SMILES string of the molecule is N#Cc1ccc(NC(=O)CNS(=O)(=O)c2ccc(F)cc2)cc1. The molecule has 23 heavy (non-hydrogen) atoms. The van der Waals surface area contributed by atoms with Gasteiger partial charge in [0, 0.05) is 5.69 Å². The number of nitrogens with one attached hydrogen (secondary N) is 2. The van der Waals surface area contributed by atoms with Gasteiger partial charge in [0.05, 0.1) is 23.1 Å². The molecule has 0 aromatic heterocycles. The summed E-state index contributed by atoms with van der Waals surface area (Å²) in [5, 5.41) is 11.2. The van der Waals surface area contributed by atoms with Crippen molar-refractivity contribution >= 4 is 21.6 Å². The van der Waals surface area contributed by atoms with Gasteiger partial charge >= 0.3 is 0 Å². The van der Waals surface area contributed by atoms with Gasteiger partial charge in [0.2, 0.25) is 15.9 Å². The highest BCUT2D eigenvalue weighted by atomic mass is 32.2. The molecule has 1 amide bonds. The summed E-state index contributed by atoms with van der Waals surface area (Å²) in [5.41, 5.74) is 0.884. The molecule has 0 aliphatic carbocycles. The fourth-order valence-corrected chi connectivity index (χ4v) is 2.67. The first kappa shape index (κ1) is 16.6. The summed E-state index contributed by atoms with van der Waals surface area (Å²) in [6.45, 7) is -0.473. The summed E-state index contributed by atoms with van der Waals surface area (Å²) >= 11 is 0. The molecule has 0 aliphatic heterocycles. The molecule has 0 unspecified atom stereocenters. The van der Waals surface area contributed by atoms with E-state index in [4.69, 9.17) is 5.26 Å². The Bertz CT molecular complexity index is 841. The topological polar surface area (TPSA) is 99.1 Å². The zero-order valence-electron chi connectivity index (χ0n) is 11.8. The third-order valence-corrected chi connectivity index (χ3v) is 4.26. The molecule has 0 radical (unpaired) electrons. The first-order valence-electron chi connectivity index (χ1n) is 6.46. The van der Waals surface area contributed by atoms with Gasteiger partial charge in [0.1, 0.15) is 5.82 Å². The molecule has 0 saturated carbocycles. The summed E-state index contributed by atoms with van der Waals surface area (Å²) in [6, 6.07) is 12.3. The van der Waals surface area contributed by atoms with E-state index in [1.54, 1.807) is 0 Å². The number of hydrogen-bond acceptors (Lipinski definition) is 4. The van der Waals surface area contributed by atoms with Crippen molar-refractivity contribution in [3.63, 3.8) is 0 Å². The Kier molecular flexibility index (Phi) is 5.05. The number of benzene rings is 2. The Morgan fingerprint density at radius 2 is 1.70 bits per heavy atom. The van der Waals surface area contributed by atoms with Crippen molar-refractivity contribution in [2.24, 2.45) is 0 Å². The van der Waals surface area contributed by atoms with Gasteiger partial charge in [-0.1, -0.05) is 0 Å². The Hall–Kier alpha value is -2.76. The van der Waals surface area contributed by atoms with Crippen molar-refractivity contribution in [1.82, 2.24) is 4.72 Å². The number of nitriles is 1. The van der Waals surface area contributed by atoms with E-state index in [0.29, 0.717) is 11.3 Å². The van der Waals surface area contributed by atoms with Crippen LogP contribution in [0.3, 0.4) is 0 Å². The number of halogens is 1. The van der Waals surface area contributed by atoms with Crippen molar-refractivity contribution < 1.29 is 17.6 Å². The van der Waals surface area contributed by atoms with E-state index in [9.17, 15) is 17.6 Å². The minimum Gasteiger partial charge on any atom is -0.325 e. The summed E-state index contributed by atoms with van der Waals surface area (Å²) in [7, 11) is -3.90. The molecule has 6 nitrogen and oxygen atoms in total. The third-order valence-electron chi connectivity index (χ3n) is 2.84. The van der Waals surface area contributed by atoms with E-state index in [-0.39, 0.29) is 4.90 Å². The van der Waals surface area contributed by atoms with Crippen LogP contribution in [0.4, 0.5) is 10.1 Å². The van der Waals surface area contributed by atoms with Crippen LogP contribution in [0.2, 0.25) is 0 Å². The van der Waals surface area contributed by atoms with Gasteiger partial charge in [0.15, 0.2) is 0 Å². The first-order valence-corrected chi connectivity index (χ1v) is 7.94. The number of amides is 1. The average molecular weight is 333 g/mol. The number of carbonyl (C=O) groups is 1. The van der Waals surface area contributed by atoms with Gasteiger partial charge in [-0.05, 0) is 48.5 Å². The van der Waals surface area contributed by atoms with Crippen LogP contribution in [0.25, 0.3) is 0 Å². The number of anilines is 1. The molecule has 118 valence electrons. The lowest BCUT2D eigenvalue weighted by molar-refractivity contribution is -0.115. The van der Waals surface area contributed by atoms with Crippen LogP contribution < -0.4 is 10.0 Å². The second-order valence-electron chi connectivity index (χ2n) is 4.52. The highest BCUT2D eigenvalue weighted by Gasteiger charge is 2.15. The highest BCUT2D eigenvalue weighted by molar-refractivity contribution is 7.89. The number of nitrogens with zero attached hydrogens (tertiary/aromatic N) is 1. The van der Waals surface area contributed by atoms with Crippen molar-refractivity contribution in [3.8, 4) is 6.07 Å². The van der Waals surface area contributed by atoms with E-state index in [2.05, 4.69) is 10.0 Å². The summed E-state index contributed by atoms with van der Waals surface area (Å²) in [4.78, 5) is 11.6. The summed E-state index contributed by atoms with van der Waals surface area (Å²) in [5.74, 6) is -1.12. The van der Waals surface area contributed by atoms with Crippen molar-refractivity contribution in [2.45, 2.75) is 4.90 Å². The minimum absolute atomic E-state index is 0.134. The average Bonchev–Trinajstić information content (AvgIpc) is 2.54. The van der Waals surface area contributed by atoms with Crippen LogP contribution in [0.5, 0.6) is 0 Å². The second kappa shape index (κ2) is 7.00. The second-order valence-corrected chi connectivity index (χ2v) is 6.28. The van der Waals surface area contributed by atoms with E-state index in [1.165, 1.54) is 24.3 Å². The van der Waals surface area contributed by atoms with Crippen LogP contribution in [0.15, 0.2) is 53.4 Å². The molecule has 0 saturated heterocycles. The Morgan fingerprint density at radius 1 is 1.09 bits per heavy atom. The summed E-state index contributed by atoms with van der Waals surface area (Å²) < 4.78 is 38.8. The number of sulfonamides is 1. The molecule has 2 N–H and O–H groups in total. The quantitative estimate of drug-likeness (QED) is 0.868. The lowest BCUT2D eigenvalue weighted by Gasteiger charge is -2.08. The zero-order chi connectivity index (χ0) is 16.9. The lowest BCUT2D eigenvalue weighted by Crippen LogP contribution is -2.32. The normalized spacial score (nSPS) is 10.8. The van der Waals surface area contributed by atoms with E-state index < -0.39 is 28.3 Å². The molecule has 0 aliphatic rings. The lowest BCUT2D eigenvalue weighted by atomic mass is 10.2. The van der Waals surface area contributed by atoms with E-state index in [1.807, 2.05) is 6.07 Å². The molecule has 2 rings (SSSR count). The monoisotopic (exact) mass is 333 g/mol. The molecule has 0 heterocycles. The largest absolute Gasteiger partial charge is 0.325 e. The maximum Gasteiger partial charge on any atom is 0.241 e. The smallest absolute Gasteiger partial charge is 0.241 e. The molecular formula is C15H12FN3O3S. The highest BCUT2D eigenvalue weighted by Crippen LogP contribution is 2.10. The van der Waals surface area contributed by atoms with Crippen LogP contribution in [-0.2, 0) is 14.8 Å². The Morgan fingerprint density at radius 3 is 2.26 bits per heavy atom. The van der Waals surface area contributed by atoms with Gasteiger partial charge in [-0.25, -0.2) is 17.5 Å². The van der Waals surface area contributed by atoms with Gasteiger partial charge < -0.3 is 5.32 Å². The Labute approximate surface area is 132 Å². The Balaban J connectivity index is 1.95. The van der Waals surface area contributed by atoms with Crippen LogP contribution in [0, 0.1) is 17.1 Å². The maximum atomic E-state index is 12.8. The predicted molar refractivity (Wildman–Crippen MR) is 81.4 cm³/mol. The molecule has 0 bridgehead atoms. The molecular weight excluding hydrogens is 321 g/mol. The van der Waals surface area contributed by atoms with Crippen LogP contribution in [-0.4, -0.2) is 20.9 Å². The van der Waals surface area contributed by atoms with Crippen LogP contribution in [0.1, 0.15) is 5.56 Å². The minimum atomic E-state index is -3.90. The van der Waals surface area contributed by atoms with Crippen LogP contribution >= 0.6 is 0 Å². The van der Waals surface area contributed by atoms with Gasteiger partial charge in [-0.15, -0.1) is 0 Å². The van der Waals surface area contributed by atoms with Crippen molar-refractivity contribution in [2.75, 3.05) is 11.9 Å². The fourth-order valence-electron chi connectivity index (χ4n) is 1.69. The predicted octanol–water partition coefficient (Wildman–Crippen LogP) is 1.61. The molecule has 0 atom stereocenters. The molecule has 0 spiro atoms. The standard InChI is InChI=1S/C15H12FN3O3S/c16-12-3-7-14(8-4-12)23(21,22)18-10-15(20)19-13-5-1-11(9-17)2-6-13/h1-8,18H,10H2,(H,19,20). The third kappa shape index (κ3) is 4.60. The number of rotatable bonds is 5.